The number of hydrogen-bond acceptors (Lipinski definition) is 15. The Labute approximate surface area is 600 Å². The van der Waals surface area contributed by atoms with Gasteiger partial charge >= 0.3 is 39.5 Å². The molecule has 19 heteroatoms. The number of carbonyl (C=O) groups excluding carboxylic acids is 4. The average molecular weight is 1440 g/mol. The van der Waals surface area contributed by atoms with Gasteiger partial charge in [-0.2, -0.15) is 0 Å². The summed E-state index contributed by atoms with van der Waals surface area (Å²) in [5.74, 6) is 0.976. The van der Waals surface area contributed by atoms with E-state index in [1.165, 1.54) is 205 Å². The standard InChI is InChI=1S/C79H154O17P2/c1-9-71(7)57-49-41-33-26-22-17-15-13-11-12-14-16-18-23-27-34-43-51-59-76(81)89-65-74(95-78(83)61-53-45-36-28-24-20-19-21-25-31-39-47-55-69(3)4)67-93-97(85,86)91-63-73(80)64-92-98(87,88)94-68-75(96-79(84)62-54-46-38-37-42-50-58-72(8)10-2)66-90-77(82)60-52-44-35-30-29-32-40-48-56-70(5)6/h69-75,80H,9-68H2,1-8H3,(H,85,86)(H,87,88)/t71?,72?,73?,74-,75-/m1/s1. The maximum atomic E-state index is 13.1. The first-order valence-electron chi connectivity index (χ1n) is 40.8. The molecule has 0 aliphatic rings. The average Bonchev–Trinajstić information content (AvgIpc) is 0.924. The van der Waals surface area contributed by atoms with E-state index in [4.69, 9.17) is 37.0 Å². The molecule has 7 atom stereocenters. The normalized spacial score (nSPS) is 14.6. The van der Waals surface area contributed by atoms with Gasteiger partial charge < -0.3 is 33.8 Å². The maximum absolute atomic E-state index is 13.1. The van der Waals surface area contributed by atoms with E-state index in [2.05, 4.69) is 55.4 Å². The van der Waals surface area contributed by atoms with Crippen molar-refractivity contribution in [3.05, 3.63) is 0 Å². The van der Waals surface area contributed by atoms with Crippen LogP contribution < -0.4 is 0 Å². The summed E-state index contributed by atoms with van der Waals surface area (Å²) in [5.41, 5.74) is 0. The summed E-state index contributed by atoms with van der Waals surface area (Å²) in [6.45, 7) is 14.2. The van der Waals surface area contributed by atoms with Crippen LogP contribution in [0.15, 0.2) is 0 Å². The lowest BCUT2D eigenvalue weighted by atomic mass is 9.99. The largest absolute Gasteiger partial charge is 0.472 e. The molecule has 3 N–H and O–H groups in total. The molecular weight excluding hydrogens is 1280 g/mol. The Morgan fingerprint density at radius 2 is 0.490 bits per heavy atom. The molecule has 17 nitrogen and oxygen atoms in total. The van der Waals surface area contributed by atoms with Crippen molar-refractivity contribution >= 4 is 39.5 Å². The number of phosphoric acid groups is 2. The maximum Gasteiger partial charge on any atom is 0.472 e. The van der Waals surface area contributed by atoms with E-state index < -0.39 is 97.5 Å². The van der Waals surface area contributed by atoms with Crippen molar-refractivity contribution in [2.45, 2.75) is 420 Å². The summed E-state index contributed by atoms with van der Waals surface area (Å²) in [4.78, 5) is 72.9. The number of carbonyl (C=O) groups is 4. The first-order chi connectivity index (χ1) is 47.2. The number of hydrogen-bond donors (Lipinski definition) is 3. The van der Waals surface area contributed by atoms with Crippen LogP contribution in [0, 0.1) is 23.7 Å². The van der Waals surface area contributed by atoms with Gasteiger partial charge in [0.1, 0.15) is 19.3 Å². The molecule has 98 heavy (non-hydrogen) atoms. The van der Waals surface area contributed by atoms with Crippen molar-refractivity contribution in [1.82, 2.24) is 0 Å². The van der Waals surface area contributed by atoms with Crippen molar-refractivity contribution < 1.29 is 80.2 Å². The molecule has 5 unspecified atom stereocenters. The minimum absolute atomic E-state index is 0.102. The summed E-state index contributed by atoms with van der Waals surface area (Å²) >= 11 is 0. The zero-order valence-electron chi connectivity index (χ0n) is 64.4. The molecule has 0 heterocycles. The molecule has 0 aliphatic carbocycles. The van der Waals surface area contributed by atoms with Gasteiger partial charge in [0.05, 0.1) is 26.4 Å². The third-order valence-corrected chi connectivity index (χ3v) is 20.9. The molecule has 582 valence electrons. The fourth-order valence-corrected chi connectivity index (χ4v) is 13.6. The van der Waals surface area contributed by atoms with Crippen molar-refractivity contribution in [2.24, 2.45) is 23.7 Å². The molecule has 0 rings (SSSR count). The number of rotatable bonds is 76. The van der Waals surface area contributed by atoms with Gasteiger partial charge in [0.15, 0.2) is 12.2 Å². The lowest BCUT2D eigenvalue weighted by molar-refractivity contribution is -0.161. The van der Waals surface area contributed by atoms with E-state index in [0.29, 0.717) is 25.7 Å². The molecule has 0 radical (unpaired) electrons. The lowest BCUT2D eigenvalue weighted by Gasteiger charge is -2.21. The highest BCUT2D eigenvalue weighted by Crippen LogP contribution is 2.45. The van der Waals surface area contributed by atoms with Gasteiger partial charge in [-0.05, 0) is 49.4 Å². The van der Waals surface area contributed by atoms with Crippen molar-refractivity contribution in [3.63, 3.8) is 0 Å². The zero-order chi connectivity index (χ0) is 72.4. The van der Waals surface area contributed by atoms with E-state index in [9.17, 15) is 43.2 Å². The van der Waals surface area contributed by atoms with Crippen LogP contribution in [0.25, 0.3) is 0 Å². The summed E-state index contributed by atoms with van der Waals surface area (Å²) < 4.78 is 68.6. The van der Waals surface area contributed by atoms with Crippen molar-refractivity contribution in [2.75, 3.05) is 39.6 Å². The molecule has 0 spiro atoms. The van der Waals surface area contributed by atoms with Gasteiger partial charge in [0.2, 0.25) is 0 Å². The van der Waals surface area contributed by atoms with Crippen LogP contribution >= 0.6 is 15.6 Å². The second kappa shape index (κ2) is 68.2. The van der Waals surface area contributed by atoms with E-state index in [1.54, 1.807) is 0 Å². The van der Waals surface area contributed by atoms with Gasteiger partial charge in [-0.3, -0.25) is 37.3 Å². The lowest BCUT2D eigenvalue weighted by Crippen LogP contribution is -2.30. The van der Waals surface area contributed by atoms with Gasteiger partial charge in [-0.1, -0.05) is 351 Å². The highest BCUT2D eigenvalue weighted by atomic mass is 31.2. The molecule has 0 saturated heterocycles. The zero-order valence-corrected chi connectivity index (χ0v) is 66.2. The van der Waals surface area contributed by atoms with Gasteiger partial charge in [-0.25, -0.2) is 9.13 Å². The first-order valence-corrected chi connectivity index (χ1v) is 43.8. The highest BCUT2D eigenvalue weighted by molar-refractivity contribution is 7.47. The van der Waals surface area contributed by atoms with Crippen LogP contribution in [0.3, 0.4) is 0 Å². The van der Waals surface area contributed by atoms with E-state index in [0.717, 1.165) is 114 Å². The SMILES string of the molecule is CCC(C)CCCCCCCCCCCCCCCCCCCCC(=O)OC[C@H](COP(=O)(O)OCC(O)COP(=O)(O)OC[C@@H](COC(=O)CCCCCCCCCCC(C)C)OC(=O)CCCCCCCCC(C)CC)OC(=O)CCCCCCCCCCCCCCC(C)C. The number of esters is 4. The number of phosphoric ester groups is 2. The Morgan fingerprint density at radius 1 is 0.286 bits per heavy atom. The summed E-state index contributed by atoms with van der Waals surface area (Å²) in [6, 6.07) is 0. The van der Waals surface area contributed by atoms with Gasteiger partial charge in [0.25, 0.3) is 0 Å². The van der Waals surface area contributed by atoms with Crippen LogP contribution in [-0.4, -0.2) is 96.7 Å². The Bertz CT molecular complexity index is 1920. The Hall–Kier alpha value is -1.94. The number of aliphatic hydroxyl groups is 1. The Kier molecular flexibility index (Phi) is 66.8. The summed E-state index contributed by atoms with van der Waals surface area (Å²) in [5, 5.41) is 10.6. The van der Waals surface area contributed by atoms with Gasteiger partial charge in [-0.15, -0.1) is 0 Å². The van der Waals surface area contributed by atoms with Crippen molar-refractivity contribution in [1.29, 1.82) is 0 Å². The molecule has 0 aromatic carbocycles. The number of unbranched alkanes of at least 4 members (excludes halogenated alkanes) is 40. The highest BCUT2D eigenvalue weighted by Gasteiger charge is 2.30. The second-order valence-corrected chi connectivity index (χ2v) is 32.8. The minimum atomic E-state index is -4.96. The Morgan fingerprint density at radius 3 is 0.724 bits per heavy atom. The topological polar surface area (TPSA) is 237 Å². The predicted octanol–water partition coefficient (Wildman–Crippen LogP) is 23.2. The van der Waals surface area contributed by atoms with Crippen LogP contribution in [0.4, 0.5) is 0 Å². The molecule has 0 aliphatic heterocycles. The first kappa shape index (κ1) is 96.1. The van der Waals surface area contributed by atoms with Crippen LogP contribution in [-0.2, 0) is 65.4 Å². The smallest absolute Gasteiger partial charge is 0.462 e. The van der Waals surface area contributed by atoms with E-state index in [1.807, 2.05) is 0 Å². The molecule has 0 saturated carbocycles. The fraction of sp³-hybridized carbons (Fsp3) is 0.949. The van der Waals surface area contributed by atoms with E-state index >= 15 is 0 Å². The molecule has 0 aromatic heterocycles. The Balaban J connectivity index is 5.18. The molecule has 0 bridgehead atoms. The molecular formula is C79H154O17P2. The third kappa shape index (κ3) is 69.8. The van der Waals surface area contributed by atoms with Crippen LogP contribution in [0.5, 0.6) is 0 Å². The molecule has 0 fully saturated rings. The monoisotopic (exact) mass is 1440 g/mol. The van der Waals surface area contributed by atoms with Crippen LogP contribution in [0.1, 0.15) is 402 Å². The van der Waals surface area contributed by atoms with Crippen molar-refractivity contribution in [3.8, 4) is 0 Å². The summed E-state index contributed by atoms with van der Waals surface area (Å²) in [6.07, 6.45) is 54.3. The van der Waals surface area contributed by atoms with Crippen LogP contribution in [0.2, 0.25) is 0 Å². The summed E-state index contributed by atoms with van der Waals surface area (Å²) in [7, 11) is -9.92. The predicted molar refractivity (Wildman–Crippen MR) is 400 cm³/mol. The second-order valence-electron chi connectivity index (χ2n) is 29.9. The fourth-order valence-electron chi connectivity index (χ4n) is 12.0. The number of ether oxygens (including phenoxy) is 4. The van der Waals surface area contributed by atoms with Gasteiger partial charge in [0, 0.05) is 25.7 Å². The molecule has 0 amide bonds. The number of aliphatic hydroxyl groups excluding tert-OH is 1. The third-order valence-electron chi connectivity index (χ3n) is 19.0. The quantitative estimate of drug-likeness (QED) is 0.0222. The molecule has 0 aromatic rings. The minimum Gasteiger partial charge on any atom is -0.462 e. The van der Waals surface area contributed by atoms with E-state index in [-0.39, 0.29) is 25.7 Å².